The third-order valence-corrected chi connectivity index (χ3v) is 2.53. The molecule has 0 heterocycles. The van der Waals surface area contributed by atoms with Crippen LogP contribution in [-0.4, -0.2) is 19.8 Å². The molecule has 0 aliphatic heterocycles. The second-order valence-electron chi connectivity index (χ2n) is 4.32. The van der Waals surface area contributed by atoms with E-state index in [1.54, 1.807) is 7.11 Å². The Bertz CT molecular complexity index is 279. The van der Waals surface area contributed by atoms with Crippen LogP contribution in [0.5, 0.6) is 0 Å². The molecule has 0 fully saturated rings. The molecule has 1 aromatic carbocycles. The van der Waals surface area contributed by atoms with Gasteiger partial charge in [0.05, 0.1) is 6.61 Å². The standard InChI is InChI=1S/C13H21NO/c1-10(2)12-6-4-11(5-7-12)8-13(14)9-15-3/h4-7,10,13H,8-9,14H2,1-3H3. The molecule has 1 aromatic rings. The van der Waals surface area contributed by atoms with Crippen LogP contribution < -0.4 is 5.73 Å². The van der Waals surface area contributed by atoms with Crippen LogP contribution in [0.25, 0.3) is 0 Å². The minimum absolute atomic E-state index is 0.0971. The Morgan fingerprint density at radius 2 is 1.80 bits per heavy atom. The predicted octanol–water partition coefficient (Wildman–Crippen LogP) is 2.33. The third-order valence-electron chi connectivity index (χ3n) is 2.53. The highest BCUT2D eigenvalue weighted by Crippen LogP contribution is 2.15. The Balaban J connectivity index is 2.56. The van der Waals surface area contributed by atoms with Crippen LogP contribution in [0.4, 0.5) is 0 Å². The van der Waals surface area contributed by atoms with E-state index in [0.717, 1.165) is 6.42 Å². The first kappa shape index (κ1) is 12.2. The lowest BCUT2D eigenvalue weighted by Gasteiger charge is -2.11. The Morgan fingerprint density at radius 3 is 2.27 bits per heavy atom. The minimum Gasteiger partial charge on any atom is -0.383 e. The molecule has 1 atom stereocenters. The largest absolute Gasteiger partial charge is 0.383 e. The summed E-state index contributed by atoms with van der Waals surface area (Å²) >= 11 is 0. The molecule has 0 amide bonds. The predicted molar refractivity (Wildman–Crippen MR) is 64.1 cm³/mol. The quantitative estimate of drug-likeness (QED) is 0.804. The lowest BCUT2D eigenvalue weighted by Crippen LogP contribution is -2.27. The van der Waals surface area contributed by atoms with Gasteiger partial charge in [-0.3, -0.25) is 0 Å². The van der Waals surface area contributed by atoms with Gasteiger partial charge in [-0.05, 0) is 23.5 Å². The first-order valence-electron chi connectivity index (χ1n) is 5.47. The van der Waals surface area contributed by atoms with Crippen molar-refractivity contribution in [2.24, 2.45) is 5.73 Å². The zero-order valence-corrected chi connectivity index (χ0v) is 9.86. The Morgan fingerprint density at radius 1 is 1.20 bits per heavy atom. The molecule has 0 bridgehead atoms. The molecule has 0 saturated carbocycles. The summed E-state index contributed by atoms with van der Waals surface area (Å²) in [6.45, 7) is 5.02. The number of hydrogen-bond acceptors (Lipinski definition) is 2. The average molecular weight is 207 g/mol. The topological polar surface area (TPSA) is 35.2 Å². The fraction of sp³-hybridized carbons (Fsp3) is 0.538. The molecule has 1 rings (SSSR count). The molecule has 0 radical (unpaired) electrons. The molecule has 1 unspecified atom stereocenters. The van der Waals surface area contributed by atoms with E-state index in [2.05, 4.69) is 38.1 Å². The summed E-state index contributed by atoms with van der Waals surface area (Å²) in [5.41, 5.74) is 8.54. The van der Waals surface area contributed by atoms with Gasteiger partial charge in [0.1, 0.15) is 0 Å². The second-order valence-corrected chi connectivity index (χ2v) is 4.32. The molecular formula is C13H21NO. The zero-order chi connectivity index (χ0) is 11.3. The van der Waals surface area contributed by atoms with Crippen LogP contribution in [0.3, 0.4) is 0 Å². The van der Waals surface area contributed by atoms with Gasteiger partial charge in [-0.15, -0.1) is 0 Å². The fourth-order valence-corrected chi connectivity index (χ4v) is 1.61. The van der Waals surface area contributed by atoms with Crippen LogP contribution in [0, 0.1) is 0 Å². The van der Waals surface area contributed by atoms with Crippen LogP contribution >= 0.6 is 0 Å². The monoisotopic (exact) mass is 207 g/mol. The van der Waals surface area contributed by atoms with Gasteiger partial charge >= 0.3 is 0 Å². The summed E-state index contributed by atoms with van der Waals surface area (Å²) in [6, 6.07) is 8.77. The summed E-state index contributed by atoms with van der Waals surface area (Å²) in [5.74, 6) is 0.590. The fourth-order valence-electron chi connectivity index (χ4n) is 1.61. The Labute approximate surface area is 92.4 Å². The first-order chi connectivity index (χ1) is 7.13. The van der Waals surface area contributed by atoms with E-state index < -0.39 is 0 Å². The van der Waals surface area contributed by atoms with E-state index in [9.17, 15) is 0 Å². The van der Waals surface area contributed by atoms with Gasteiger partial charge in [-0.2, -0.15) is 0 Å². The van der Waals surface area contributed by atoms with Crippen molar-refractivity contribution in [2.75, 3.05) is 13.7 Å². The molecule has 15 heavy (non-hydrogen) atoms. The van der Waals surface area contributed by atoms with E-state index in [4.69, 9.17) is 10.5 Å². The number of ether oxygens (including phenoxy) is 1. The summed E-state index contributed by atoms with van der Waals surface area (Å²) in [4.78, 5) is 0. The van der Waals surface area contributed by atoms with E-state index >= 15 is 0 Å². The highest BCUT2D eigenvalue weighted by molar-refractivity contribution is 5.25. The van der Waals surface area contributed by atoms with E-state index in [0.29, 0.717) is 12.5 Å². The summed E-state index contributed by atoms with van der Waals surface area (Å²) in [6.07, 6.45) is 0.881. The van der Waals surface area contributed by atoms with Crippen molar-refractivity contribution in [3.63, 3.8) is 0 Å². The SMILES string of the molecule is COCC(N)Cc1ccc(C(C)C)cc1. The maximum atomic E-state index is 5.89. The van der Waals surface area contributed by atoms with Gasteiger partial charge in [-0.25, -0.2) is 0 Å². The maximum absolute atomic E-state index is 5.89. The maximum Gasteiger partial charge on any atom is 0.0616 e. The molecule has 0 aliphatic carbocycles. The number of benzene rings is 1. The van der Waals surface area contributed by atoms with Gasteiger partial charge in [-0.1, -0.05) is 38.1 Å². The van der Waals surface area contributed by atoms with Crippen molar-refractivity contribution in [3.05, 3.63) is 35.4 Å². The summed E-state index contributed by atoms with van der Waals surface area (Å²) < 4.78 is 5.01. The van der Waals surface area contributed by atoms with Gasteiger partial charge in [0.15, 0.2) is 0 Å². The number of nitrogens with two attached hydrogens (primary N) is 1. The van der Waals surface area contributed by atoms with Crippen molar-refractivity contribution in [1.82, 2.24) is 0 Å². The number of hydrogen-bond donors (Lipinski definition) is 1. The second kappa shape index (κ2) is 5.89. The van der Waals surface area contributed by atoms with Gasteiger partial charge < -0.3 is 10.5 Å². The smallest absolute Gasteiger partial charge is 0.0616 e. The van der Waals surface area contributed by atoms with Gasteiger partial charge in [0.2, 0.25) is 0 Å². The molecule has 0 saturated heterocycles. The molecule has 0 spiro atoms. The molecule has 2 nitrogen and oxygen atoms in total. The van der Waals surface area contributed by atoms with Crippen LogP contribution in [0.2, 0.25) is 0 Å². The highest BCUT2D eigenvalue weighted by atomic mass is 16.5. The lowest BCUT2D eigenvalue weighted by molar-refractivity contribution is 0.180. The van der Waals surface area contributed by atoms with Crippen LogP contribution in [0.15, 0.2) is 24.3 Å². The van der Waals surface area contributed by atoms with Gasteiger partial charge in [0, 0.05) is 13.2 Å². The highest BCUT2D eigenvalue weighted by Gasteiger charge is 2.04. The van der Waals surface area contributed by atoms with Crippen molar-refractivity contribution in [3.8, 4) is 0 Å². The van der Waals surface area contributed by atoms with Crippen molar-refractivity contribution >= 4 is 0 Å². The molecular weight excluding hydrogens is 186 g/mol. The Hall–Kier alpha value is -0.860. The summed E-state index contributed by atoms with van der Waals surface area (Å²) in [5, 5.41) is 0. The van der Waals surface area contributed by atoms with E-state index in [1.165, 1.54) is 11.1 Å². The molecule has 0 aromatic heterocycles. The van der Waals surface area contributed by atoms with Crippen LogP contribution in [0.1, 0.15) is 30.9 Å². The van der Waals surface area contributed by atoms with E-state index in [-0.39, 0.29) is 6.04 Å². The lowest BCUT2D eigenvalue weighted by atomic mass is 9.99. The zero-order valence-electron chi connectivity index (χ0n) is 9.86. The first-order valence-corrected chi connectivity index (χ1v) is 5.47. The third kappa shape index (κ3) is 4.02. The number of rotatable bonds is 5. The van der Waals surface area contributed by atoms with Crippen molar-refractivity contribution in [1.29, 1.82) is 0 Å². The van der Waals surface area contributed by atoms with Crippen molar-refractivity contribution < 1.29 is 4.74 Å². The average Bonchev–Trinajstić information content (AvgIpc) is 2.18. The molecule has 0 aliphatic rings. The summed E-state index contributed by atoms with van der Waals surface area (Å²) in [7, 11) is 1.68. The van der Waals surface area contributed by atoms with Crippen LogP contribution in [-0.2, 0) is 11.2 Å². The minimum atomic E-state index is 0.0971. The van der Waals surface area contributed by atoms with Crippen molar-refractivity contribution in [2.45, 2.75) is 32.2 Å². The number of methoxy groups -OCH3 is 1. The van der Waals surface area contributed by atoms with Gasteiger partial charge in [0.25, 0.3) is 0 Å². The molecule has 2 heteroatoms. The van der Waals surface area contributed by atoms with E-state index in [1.807, 2.05) is 0 Å². The normalized spacial score (nSPS) is 13.1. The Kier molecular flexibility index (Phi) is 4.79. The molecule has 84 valence electrons. The molecule has 2 N–H and O–H groups in total.